The number of nitrogens with one attached hydrogen (secondary N) is 1. The lowest BCUT2D eigenvalue weighted by molar-refractivity contribution is -0.384. The monoisotopic (exact) mass is 471 g/mol. The molecular formula is C26H21N3O6. The first-order valence-corrected chi connectivity index (χ1v) is 10.5. The maximum atomic E-state index is 12.5. The summed E-state index contributed by atoms with van der Waals surface area (Å²) in [7, 11) is 0. The van der Waals surface area contributed by atoms with Crippen molar-refractivity contribution >= 4 is 29.3 Å². The van der Waals surface area contributed by atoms with Crippen molar-refractivity contribution < 1.29 is 24.0 Å². The Morgan fingerprint density at radius 1 is 1.06 bits per heavy atom. The fourth-order valence-electron chi connectivity index (χ4n) is 3.00. The lowest BCUT2D eigenvalue weighted by atomic mass is 10.1. The predicted octanol–water partition coefficient (Wildman–Crippen LogP) is 5.07. The van der Waals surface area contributed by atoms with Crippen LogP contribution in [0.15, 0.2) is 72.3 Å². The number of aryl methyl sites for hydroxylation is 1. The Hall–Kier alpha value is -4.97. The van der Waals surface area contributed by atoms with Crippen LogP contribution >= 0.6 is 0 Å². The molecule has 176 valence electrons. The third kappa shape index (κ3) is 6.52. The Labute approximate surface area is 201 Å². The van der Waals surface area contributed by atoms with Crippen LogP contribution in [0.2, 0.25) is 0 Å². The number of nitro groups is 1. The molecule has 1 amide bonds. The van der Waals surface area contributed by atoms with Gasteiger partial charge in [-0.3, -0.25) is 14.9 Å². The van der Waals surface area contributed by atoms with Gasteiger partial charge >= 0.3 is 5.97 Å². The van der Waals surface area contributed by atoms with Crippen molar-refractivity contribution in [2.24, 2.45) is 0 Å². The maximum Gasteiger partial charge on any atom is 0.343 e. The molecule has 0 bridgehead atoms. The Kier molecular flexibility index (Phi) is 7.93. The second-order valence-corrected chi connectivity index (χ2v) is 7.32. The van der Waals surface area contributed by atoms with Gasteiger partial charge in [0, 0.05) is 17.8 Å². The summed E-state index contributed by atoms with van der Waals surface area (Å²) in [5.41, 5.74) is 1.85. The van der Waals surface area contributed by atoms with Gasteiger partial charge in [0.05, 0.1) is 17.1 Å². The second-order valence-electron chi connectivity index (χ2n) is 7.32. The number of rotatable bonds is 8. The number of carbonyl (C=O) groups excluding carboxylic acids is 2. The van der Waals surface area contributed by atoms with Crippen molar-refractivity contribution in [1.82, 2.24) is 0 Å². The highest BCUT2D eigenvalue weighted by molar-refractivity contribution is 6.09. The summed E-state index contributed by atoms with van der Waals surface area (Å²) in [6, 6.07) is 18.7. The summed E-state index contributed by atoms with van der Waals surface area (Å²) < 4.78 is 11.1. The van der Waals surface area contributed by atoms with E-state index in [1.807, 2.05) is 13.0 Å². The van der Waals surface area contributed by atoms with Crippen molar-refractivity contribution in [3.63, 3.8) is 0 Å². The largest absolute Gasteiger partial charge is 0.490 e. The lowest BCUT2D eigenvalue weighted by Gasteiger charge is -2.12. The van der Waals surface area contributed by atoms with Crippen LogP contribution in [-0.4, -0.2) is 23.4 Å². The number of anilines is 1. The van der Waals surface area contributed by atoms with Crippen molar-refractivity contribution in [3.8, 4) is 17.6 Å². The summed E-state index contributed by atoms with van der Waals surface area (Å²) >= 11 is 0. The number of non-ortho nitro benzene ring substituents is 1. The van der Waals surface area contributed by atoms with E-state index in [-0.39, 0.29) is 22.8 Å². The van der Waals surface area contributed by atoms with Crippen LogP contribution in [0.3, 0.4) is 0 Å². The number of ether oxygens (including phenoxy) is 2. The van der Waals surface area contributed by atoms with Crippen LogP contribution in [-0.2, 0) is 4.79 Å². The van der Waals surface area contributed by atoms with Crippen LogP contribution in [0.5, 0.6) is 11.5 Å². The number of nitriles is 1. The highest BCUT2D eigenvalue weighted by Crippen LogP contribution is 2.30. The number of amides is 1. The zero-order valence-corrected chi connectivity index (χ0v) is 19.0. The Bertz CT molecular complexity index is 1320. The second kappa shape index (κ2) is 11.2. The highest BCUT2D eigenvalue weighted by atomic mass is 16.6. The molecule has 3 aromatic rings. The fraction of sp³-hybridized carbons (Fsp3) is 0.115. The molecule has 0 aliphatic heterocycles. The molecule has 0 aromatic heterocycles. The van der Waals surface area contributed by atoms with Gasteiger partial charge in [0.1, 0.15) is 11.6 Å². The molecule has 3 aromatic carbocycles. The van der Waals surface area contributed by atoms with E-state index in [2.05, 4.69) is 5.32 Å². The van der Waals surface area contributed by atoms with E-state index in [1.54, 1.807) is 43.3 Å². The molecule has 0 heterocycles. The molecule has 1 N–H and O–H groups in total. The minimum Gasteiger partial charge on any atom is -0.490 e. The average molecular weight is 471 g/mol. The third-order valence-electron chi connectivity index (χ3n) is 4.77. The number of benzene rings is 3. The number of carbonyl (C=O) groups is 2. The van der Waals surface area contributed by atoms with Gasteiger partial charge in [-0.25, -0.2) is 4.79 Å². The summed E-state index contributed by atoms with van der Waals surface area (Å²) in [6.45, 7) is 3.98. The third-order valence-corrected chi connectivity index (χ3v) is 4.77. The summed E-state index contributed by atoms with van der Waals surface area (Å²) in [6.07, 6.45) is 1.36. The summed E-state index contributed by atoms with van der Waals surface area (Å²) in [5.74, 6) is -0.762. The van der Waals surface area contributed by atoms with Gasteiger partial charge in [-0.2, -0.15) is 5.26 Å². The smallest absolute Gasteiger partial charge is 0.343 e. The van der Waals surface area contributed by atoms with Crippen LogP contribution in [0.4, 0.5) is 11.4 Å². The van der Waals surface area contributed by atoms with Gasteiger partial charge in [0.25, 0.3) is 11.6 Å². The molecule has 35 heavy (non-hydrogen) atoms. The molecule has 0 atom stereocenters. The SMILES string of the molecule is CCOc1cc(/C=C(\C#N)C(=O)Nc2ccc([N+](=O)[O-])cc2)ccc1OC(=O)c1ccc(C)cc1. The predicted molar refractivity (Wildman–Crippen MR) is 129 cm³/mol. The number of esters is 1. The first kappa shape index (κ1) is 24.7. The highest BCUT2D eigenvalue weighted by Gasteiger charge is 2.15. The quantitative estimate of drug-likeness (QED) is 0.121. The molecule has 0 aliphatic rings. The Morgan fingerprint density at radius 2 is 1.74 bits per heavy atom. The van der Waals surface area contributed by atoms with Crippen molar-refractivity contribution in [1.29, 1.82) is 5.26 Å². The van der Waals surface area contributed by atoms with E-state index >= 15 is 0 Å². The first-order chi connectivity index (χ1) is 16.8. The van der Waals surface area contributed by atoms with E-state index < -0.39 is 16.8 Å². The van der Waals surface area contributed by atoms with Gasteiger partial charge in [-0.05, 0) is 61.9 Å². The average Bonchev–Trinajstić information content (AvgIpc) is 2.84. The van der Waals surface area contributed by atoms with Gasteiger partial charge in [-0.15, -0.1) is 0 Å². The normalized spacial score (nSPS) is 10.7. The van der Waals surface area contributed by atoms with E-state index in [0.29, 0.717) is 23.4 Å². The molecule has 0 saturated carbocycles. The minimum absolute atomic E-state index is 0.120. The molecule has 0 spiro atoms. The molecule has 9 heteroatoms. The van der Waals surface area contributed by atoms with Crippen LogP contribution in [0.1, 0.15) is 28.4 Å². The van der Waals surface area contributed by atoms with E-state index in [4.69, 9.17) is 9.47 Å². The van der Waals surface area contributed by atoms with Gasteiger partial charge in [-0.1, -0.05) is 23.8 Å². The van der Waals surface area contributed by atoms with Gasteiger partial charge < -0.3 is 14.8 Å². The molecule has 0 aliphatic carbocycles. The summed E-state index contributed by atoms with van der Waals surface area (Å²) in [4.78, 5) is 35.2. The van der Waals surface area contributed by atoms with E-state index in [0.717, 1.165) is 5.56 Å². The van der Waals surface area contributed by atoms with E-state index in [9.17, 15) is 25.0 Å². The van der Waals surface area contributed by atoms with Crippen molar-refractivity contribution in [2.45, 2.75) is 13.8 Å². The molecule has 0 radical (unpaired) electrons. The number of hydrogen-bond acceptors (Lipinski definition) is 7. The fourth-order valence-corrected chi connectivity index (χ4v) is 3.00. The van der Waals surface area contributed by atoms with Gasteiger partial charge in [0.15, 0.2) is 11.5 Å². The zero-order chi connectivity index (χ0) is 25.4. The molecular weight excluding hydrogens is 450 g/mol. The van der Waals surface area contributed by atoms with Crippen LogP contribution in [0.25, 0.3) is 6.08 Å². The maximum absolute atomic E-state index is 12.5. The standard InChI is InChI=1S/C26H21N3O6/c1-3-34-24-15-18(6-13-23(24)35-26(31)19-7-4-17(2)5-8-19)14-20(16-27)25(30)28-21-9-11-22(12-10-21)29(32)33/h4-15H,3H2,1-2H3,(H,28,30)/b20-14+. The Balaban J connectivity index is 1.80. The molecule has 0 unspecified atom stereocenters. The molecule has 0 fully saturated rings. The van der Waals surface area contributed by atoms with Crippen LogP contribution < -0.4 is 14.8 Å². The van der Waals surface area contributed by atoms with Crippen molar-refractivity contribution in [3.05, 3.63) is 99.1 Å². The lowest BCUT2D eigenvalue weighted by Crippen LogP contribution is -2.13. The topological polar surface area (TPSA) is 132 Å². The summed E-state index contributed by atoms with van der Waals surface area (Å²) in [5, 5.41) is 22.8. The number of nitro benzene ring substituents is 1. The Morgan fingerprint density at radius 3 is 2.34 bits per heavy atom. The molecule has 0 saturated heterocycles. The zero-order valence-electron chi connectivity index (χ0n) is 19.0. The van der Waals surface area contributed by atoms with Gasteiger partial charge in [0.2, 0.25) is 0 Å². The molecule has 9 nitrogen and oxygen atoms in total. The first-order valence-electron chi connectivity index (χ1n) is 10.5. The number of hydrogen-bond donors (Lipinski definition) is 1. The number of nitrogens with zero attached hydrogens (tertiary/aromatic N) is 2. The van der Waals surface area contributed by atoms with Crippen LogP contribution in [0, 0.1) is 28.4 Å². The minimum atomic E-state index is -0.686. The van der Waals surface area contributed by atoms with Crippen molar-refractivity contribution in [2.75, 3.05) is 11.9 Å². The van der Waals surface area contributed by atoms with E-state index in [1.165, 1.54) is 36.4 Å². The molecule has 3 rings (SSSR count).